The van der Waals surface area contributed by atoms with Crippen LogP contribution in [0.4, 0.5) is 0 Å². The fourth-order valence-corrected chi connectivity index (χ4v) is 3.11. The summed E-state index contributed by atoms with van der Waals surface area (Å²) in [6, 6.07) is 0.583. The lowest BCUT2D eigenvalue weighted by Crippen LogP contribution is -2.39. The maximum Gasteiger partial charge on any atom is 0.0860 e. The molecule has 5 nitrogen and oxygen atoms in total. The standard InChI is InChI=1S/C15H27ClN4O/c1-4-20-14(15(16)12(2)18-20)11-19(8-9-21-3)10-13-6-5-7-17-13/h13,17H,4-11H2,1-3H3. The summed E-state index contributed by atoms with van der Waals surface area (Å²) < 4.78 is 7.26. The van der Waals surface area contributed by atoms with Gasteiger partial charge in [-0.15, -0.1) is 0 Å². The number of nitrogens with one attached hydrogen (secondary N) is 1. The van der Waals surface area contributed by atoms with E-state index in [1.54, 1.807) is 7.11 Å². The molecule has 1 aliphatic rings. The molecule has 0 aliphatic carbocycles. The zero-order valence-corrected chi connectivity index (χ0v) is 14.1. The highest BCUT2D eigenvalue weighted by molar-refractivity contribution is 6.31. The van der Waals surface area contributed by atoms with Gasteiger partial charge in [-0.2, -0.15) is 5.10 Å². The first-order chi connectivity index (χ1) is 10.2. The molecule has 1 aromatic heterocycles. The minimum atomic E-state index is 0.583. The van der Waals surface area contributed by atoms with Crippen molar-refractivity contribution in [2.75, 3.05) is 33.4 Å². The largest absolute Gasteiger partial charge is 0.383 e. The summed E-state index contributed by atoms with van der Waals surface area (Å²) in [7, 11) is 1.75. The van der Waals surface area contributed by atoms with Gasteiger partial charge < -0.3 is 10.1 Å². The number of aryl methyl sites for hydroxylation is 2. The highest BCUT2D eigenvalue weighted by Crippen LogP contribution is 2.22. The first-order valence-electron chi connectivity index (χ1n) is 7.82. The van der Waals surface area contributed by atoms with Crippen LogP contribution in [0.15, 0.2) is 0 Å². The van der Waals surface area contributed by atoms with Crippen LogP contribution in [0.2, 0.25) is 5.02 Å². The molecule has 1 aromatic rings. The number of halogens is 1. The van der Waals surface area contributed by atoms with Crippen molar-refractivity contribution in [3.63, 3.8) is 0 Å². The maximum atomic E-state index is 6.43. The first kappa shape index (κ1) is 16.7. The predicted molar refractivity (Wildman–Crippen MR) is 85.8 cm³/mol. The van der Waals surface area contributed by atoms with E-state index < -0.39 is 0 Å². The lowest BCUT2D eigenvalue weighted by molar-refractivity contribution is 0.136. The molecule has 1 fully saturated rings. The molecule has 0 spiro atoms. The highest BCUT2D eigenvalue weighted by Gasteiger charge is 2.21. The average Bonchev–Trinajstić information content (AvgIpc) is 3.08. The lowest BCUT2D eigenvalue weighted by atomic mass is 10.2. The molecular weight excluding hydrogens is 288 g/mol. The van der Waals surface area contributed by atoms with Crippen LogP contribution in [0.5, 0.6) is 0 Å². The number of hydrogen-bond acceptors (Lipinski definition) is 4. The van der Waals surface area contributed by atoms with Gasteiger partial charge in [0, 0.05) is 39.3 Å². The van der Waals surface area contributed by atoms with E-state index in [2.05, 4.69) is 22.2 Å². The van der Waals surface area contributed by atoms with Crippen LogP contribution in [-0.4, -0.2) is 54.1 Å². The smallest absolute Gasteiger partial charge is 0.0860 e. The number of aromatic nitrogens is 2. The van der Waals surface area contributed by atoms with Gasteiger partial charge in [0.2, 0.25) is 0 Å². The fourth-order valence-electron chi connectivity index (χ4n) is 2.91. The van der Waals surface area contributed by atoms with E-state index in [0.717, 1.165) is 55.7 Å². The molecule has 1 saturated heterocycles. The number of ether oxygens (including phenoxy) is 1. The summed E-state index contributed by atoms with van der Waals surface area (Å²) in [4.78, 5) is 2.42. The first-order valence-corrected chi connectivity index (χ1v) is 8.20. The van der Waals surface area contributed by atoms with Crippen LogP contribution in [0.1, 0.15) is 31.2 Å². The van der Waals surface area contributed by atoms with E-state index in [1.165, 1.54) is 12.8 Å². The third-order valence-corrected chi connectivity index (χ3v) is 4.57. The van der Waals surface area contributed by atoms with Crippen molar-refractivity contribution in [1.82, 2.24) is 20.0 Å². The van der Waals surface area contributed by atoms with Gasteiger partial charge in [0.15, 0.2) is 0 Å². The van der Waals surface area contributed by atoms with Gasteiger partial charge in [0.05, 0.1) is 23.0 Å². The molecule has 0 saturated carbocycles. The van der Waals surface area contributed by atoms with Crippen molar-refractivity contribution in [2.45, 2.75) is 45.8 Å². The Bertz CT molecular complexity index is 443. The van der Waals surface area contributed by atoms with Crippen molar-refractivity contribution in [3.8, 4) is 0 Å². The second-order valence-electron chi connectivity index (χ2n) is 5.68. The molecule has 1 atom stereocenters. The summed E-state index contributed by atoms with van der Waals surface area (Å²) in [5.41, 5.74) is 2.03. The topological polar surface area (TPSA) is 42.3 Å². The molecule has 1 unspecified atom stereocenters. The molecule has 0 amide bonds. The Kier molecular flexibility index (Phi) is 6.48. The van der Waals surface area contributed by atoms with Crippen LogP contribution in [-0.2, 0) is 17.8 Å². The molecule has 6 heteroatoms. The van der Waals surface area contributed by atoms with Gasteiger partial charge in [0.1, 0.15) is 0 Å². The molecule has 2 rings (SSSR count). The number of methoxy groups -OCH3 is 1. The summed E-state index contributed by atoms with van der Waals surface area (Å²) in [6.45, 7) is 9.57. The van der Waals surface area contributed by atoms with Gasteiger partial charge in [-0.05, 0) is 33.2 Å². The monoisotopic (exact) mass is 314 g/mol. The Labute approximate surface area is 132 Å². The molecule has 1 aliphatic heterocycles. The average molecular weight is 315 g/mol. The maximum absolute atomic E-state index is 6.43. The molecule has 120 valence electrons. The fraction of sp³-hybridized carbons (Fsp3) is 0.800. The van der Waals surface area contributed by atoms with Crippen molar-refractivity contribution >= 4 is 11.6 Å². The zero-order valence-electron chi connectivity index (χ0n) is 13.4. The molecule has 21 heavy (non-hydrogen) atoms. The van der Waals surface area contributed by atoms with Crippen molar-refractivity contribution in [2.24, 2.45) is 0 Å². The van der Waals surface area contributed by atoms with Crippen molar-refractivity contribution < 1.29 is 4.74 Å². The predicted octanol–water partition coefficient (Wildman–Crippen LogP) is 2.07. The van der Waals surface area contributed by atoms with Gasteiger partial charge in [-0.3, -0.25) is 9.58 Å². The van der Waals surface area contributed by atoms with E-state index in [1.807, 2.05) is 11.6 Å². The Morgan fingerprint density at radius 1 is 1.52 bits per heavy atom. The van der Waals surface area contributed by atoms with Crippen LogP contribution in [0.25, 0.3) is 0 Å². The van der Waals surface area contributed by atoms with Crippen molar-refractivity contribution in [1.29, 1.82) is 0 Å². The van der Waals surface area contributed by atoms with E-state index in [-0.39, 0.29) is 0 Å². The zero-order chi connectivity index (χ0) is 15.2. The van der Waals surface area contributed by atoms with Crippen LogP contribution >= 0.6 is 11.6 Å². The SMILES string of the molecule is CCn1nc(C)c(Cl)c1CN(CCOC)CC1CCCN1. The molecule has 0 radical (unpaired) electrons. The third-order valence-electron chi connectivity index (χ3n) is 4.08. The van der Waals surface area contributed by atoms with E-state index in [4.69, 9.17) is 16.3 Å². The Morgan fingerprint density at radius 2 is 2.33 bits per heavy atom. The normalized spacial score (nSPS) is 18.8. The summed E-state index contributed by atoms with van der Waals surface area (Å²) in [5, 5.41) is 8.87. The Balaban J connectivity index is 2.06. The minimum absolute atomic E-state index is 0.583. The molecule has 1 N–H and O–H groups in total. The minimum Gasteiger partial charge on any atom is -0.383 e. The molecular formula is C15H27ClN4O. The molecule has 0 aromatic carbocycles. The van der Waals surface area contributed by atoms with Gasteiger partial charge in [-0.25, -0.2) is 0 Å². The number of hydrogen-bond donors (Lipinski definition) is 1. The Hall–Kier alpha value is -0.620. The second-order valence-corrected chi connectivity index (χ2v) is 6.06. The third kappa shape index (κ3) is 4.42. The van der Waals surface area contributed by atoms with Crippen molar-refractivity contribution in [3.05, 3.63) is 16.4 Å². The number of nitrogens with zero attached hydrogens (tertiary/aromatic N) is 3. The van der Waals surface area contributed by atoms with Gasteiger partial charge >= 0.3 is 0 Å². The summed E-state index contributed by atoms with van der Waals surface area (Å²) in [6.07, 6.45) is 2.53. The highest BCUT2D eigenvalue weighted by atomic mass is 35.5. The van der Waals surface area contributed by atoms with E-state index in [0.29, 0.717) is 6.04 Å². The quantitative estimate of drug-likeness (QED) is 0.797. The summed E-state index contributed by atoms with van der Waals surface area (Å²) >= 11 is 6.43. The number of rotatable bonds is 8. The Morgan fingerprint density at radius 3 is 2.95 bits per heavy atom. The lowest BCUT2D eigenvalue weighted by Gasteiger charge is -2.25. The molecule has 0 bridgehead atoms. The second kappa shape index (κ2) is 8.13. The van der Waals surface area contributed by atoms with Crippen LogP contribution in [0.3, 0.4) is 0 Å². The molecule has 2 heterocycles. The van der Waals surface area contributed by atoms with Crippen LogP contribution < -0.4 is 5.32 Å². The van der Waals surface area contributed by atoms with Gasteiger partial charge in [0.25, 0.3) is 0 Å². The van der Waals surface area contributed by atoms with E-state index >= 15 is 0 Å². The van der Waals surface area contributed by atoms with Crippen LogP contribution in [0, 0.1) is 6.92 Å². The summed E-state index contributed by atoms with van der Waals surface area (Å²) in [5.74, 6) is 0. The van der Waals surface area contributed by atoms with Gasteiger partial charge in [-0.1, -0.05) is 11.6 Å². The van der Waals surface area contributed by atoms with E-state index in [9.17, 15) is 0 Å².